The van der Waals surface area contributed by atoms with Crippen LogP contribution in [0.2, 0.25) is 0 Å². The number of amides is 2. The van der Waals surface area contributed by atoms with Crippen molar-refractivity contribution < 1.29 is 14.3 Å². The van der Waals surface area contributed by atoms with Gasteiger partial charge >= 0.3 is 6.03 Å². The third-order valence-corrected chi connectivity index (χ3v) is 4.09. The maximum atomic E-state index is 13.5. The van der Waals surface area contributed by atoms with Crippen molar-refractivity contribution in [2.24, 2.45) is 0 Å². The number of aryl methyl sites for hydroxylation is 1. The highest BCUT2D eigenvalue weighted by molar-refractivity contribution is 5.90. The third kappa shape index (κ3) is 3.68. The molecule has 2 aromatic rings. The lowest BCUT2D eigenvalue weighted by atomic mass is 9.88. The summed E-state index contributed by atoms with van der Waals surface area (Å²) in [5.74, 6) is -0.348. The van der Waals surface area contributed by atoms with Crippen LogP contribution in [0.5, 0.6) is 0 Å². The number of fused-ring (bicyclic) bond motifs is 1. The number of hydrogen-bond acceptors (Lipinski definition) is 2. The van der Waals surface area contributed by atoms with Gasteiger partial charge in [-0.1, -0.05) is 36.8 Å². The topological polar surface area (TPSA) is 64.2 Å². The summed E-state index contributed by atoms with van der Waals surface area (Å²) in [4.78, 5) is 12.0. The van der Waals surface area contributed by atoms with E-state index in [0.717, 1.165) is 17.5 Å². The van der Waals surface area contributed by atoms with Crippen LogP contribution in [0.3, 0.4) is 0 Å². The number of halogens is 1. The Balaban J connectivity index is 1.66. The van der Waals surface area contributed by atoms with E-state index >= 15 is 0 Å². The highest BCUT2D eigenvalue weighted by atomic mass is 19.1. The lowest BCUT2D eigenvalue weighted by Crippen LogP contribution is -2.33. The highest BCUT2D eigenvalue weighted by Gasteiger charge is 2.16. The Bertz CT molecular complexity index is 718. The van der Waals surface area contributed by atoms with Gasteiger partial charge in [0.15, 0.2) is 0 Å². The van der Waals surface area contributed by atoms with Crippen molar-refractivity contribution in [1.82, 2.24) is 5.32 Å². The largest absolute Gasteiger partial charge is 0.852 e. The maximum Gasteiger partial charge on any atom is 0.319 e. The molecule has 0 saturated carbocycles. The monoisotopic (exact) mass is 313 g/mol. The zero-order chi connectivity index (χ0) is 16.2. The summed E-state index contributed by atoms with van der Waals surface area (Å²) in [5.41, 5.74) is 3.12. The molecule has 0 saturated heterocycles. The van der Waals surface area contributed by atoms with Crippen molar-refractivity contribution in [2.75, 3.05) is 5.32 Å². The van der Waals surface area contributed by atoms with Gasteiger partial charge in [0.1, 0.15) is 5.82 Å². The molecule has 1 aliphatic carbocycles. The molecule has 23 heavy (non-hydrogen) atoms. The summed E-state index contributed by atoms with van der Waals surface area (Å²) in [6, 6.07) is 11.6. The number of hydrogen-bond donors (Lipinski definition) is 2. The number of carbonyl (C=O) groups excluding carboxylic acids is 1. The molecule has 0 aliphatic heterocycles. The fourth-order valence-electron chi connectivity index (χ4n) is 2.86. The van der Waals surface area contributed by atoms with Gasteiger partial charge in [0, 0.05) is 17.8 Å². The highest BCUT2D eigenvalue weighted by Crippen LogP contribution is 2.27. The Kier molecular flexibility index (Phi) is 4.57. The summed E-state index contributed by atoms with van der Waals surface area (Å²) in [5, 5.41) is 17.1. The Hall–Kier alpha value is -2.40. The van der Waals surface area contributed by atoms with Gasteiger partial charge in [-0.3, -0.25) is 0 Å². The molecule has 1 atom stereocenters. The van der Waals surface area contributed by atoms with Crippen molar-refractivity contribution in [3.63, 3.8) is 0 Å². The molecule has 1 unspecified atom stereocenters. The van der Waals surface area contributed by atoms with E-state index in [1.165, 1.54) is 6.07 Å². The molecule has 2 aromatic carbocycles. The first-order chi connectivity index (χ1) is 11.1. The number of carbonyl (C=O) groups is 1. The number of urea groups is 1. The van der Waals surface area contributed by atoms with Gasteiger partial charge in [0.05, 0.1) is 0 Å². The van der Waals surface area contributed by atoms with Gasteiger partial charge in [-0.25, -0.2) is 9.18 Å². The predicted molar refractivity (Wildman–Crippen MR) is 84.5 cm³/mol. The van der Waals surface area contributed by atoms with Crippen LogP contribution in [0, 0.1) is 5.82 Å². The minimum atomic E-state index is -0.619. The van der Waals surface area contributed by atoms with E-state index in [1.807, 2.05) is 12.1 Å². The molecule has 0 spiro atoms. The molecular weight excluding hydrogens is 295 g/mol. The summed E-state index contributed by atoms with van der Waals surface area (Å²) in [6.07, 6.45) is 1.19. The molecule has 4 nitrogen and oxygen atoms in total. The number of benzene rings is 2. The van der Waals surface area contributed by atoms with Crippen LogP contribution in [0.4, 0.5) is 14.9 Å². The van der Waals surface area contributed by atoms with Crippen molar-refractivity contribution in [3.05, 3.63) is 65.0 Å². The fourth-order valence-corrected chi connectivity index (χ4v) is 2.86. The average Bonchev–Trinajstić information content (AvgIpc) is 2.55. The van der Waals surface area contributed by atoms with E-state index in [-0.39, 0.29) is 12.4 Å². The lowest BCUT2D eigenvalue weighted by Gasteiger charge is -2.30. The Morgan fingerprint density at radius 1 is 1.22 bits per heavy atom. The average molecular weight is 313 g/mol. The van der Waals surface area contributed by atoms with Gasteiger partial charge in [-0.15, -0.1) is 6.10 Å². The molecule has 3 rings (SSSR count). The Morgan fingerprint density at radius 2 is 2.04 bits per heavy atom. The second-order valence-corrected chi connectivity index (χ2v) is 5.71. The summed E-state index contributed by atoms with van der Waals surface area (Å²) >= 11 is 0. The van der Waals surface area contributed by atoms with Gasteiger partial charge in [0.2, 0.25) is 0 Å². The predicted octanol–water partition coefficient (Wildman–Crippen LogP) is 2.37. The standard InChI is InChI=1S/C18H18FN2O2/c19-16-6-2-1-4-13(16)11-20-18(23)21-17-7-3-5-12-8-9-14(22)10-15(12)17/h1-7,14H,8-11H2,(H2,20,21,23)/q-1. The second-order valence-electron chi connectivity index (χ2n) is 5.71. The van der Waals surface area contributed by atoms with Gasteiger partial charge in [-0.2, -0.15) is 0 Å². The quantitative estimate of drug-likeness (QED) is 0.913. The van der Waals surface area contributed by atoms with Crippen molar-refractivity contribution in [3.8, 4) is 0 Å². The molecule has 0 heterocycles. The van der Waals surface area contributed by atoms with Crippen LogP contribution < -0.4 is 15.7 Å². The second kappa shape index (κ2) is 6.79. The van der Waals surface area contributed by atoms with Crippen LogP contribution in [0.1, 0.15) is 23.1 Å². The molecule has 120 valence electrons. The maximum absolute atomic E-state index is 13.5. The van der Waals surface area contributed by atoms with E-state index in [2.05, 4.69) is 10.6 Å². The van der Waals surface area contributed by atoms with Crippen LogP contribution >= 0.6 is 0 Å². The minimum absolute atomic E-state index is 0.109. The molecule has 2 amide bonds. The van der Waals surface area contributed by atoms with E-state index in [1.54, 1.807) is 24.3 Å². The molecule has 0 aromatic heterocycles. The van der Waals surface area contributed by atoms with Crippen molar-refractivity contribution in [1.29, 1.82) is 0 Å². The zero-order valence-corrected chi connectivity index (χ0v) is 12.6. The molecule has 5 heteroatoms. The van der Waals surface area contributed by atoms with E-state index in [0.29, 0.717) is 24.1 Å². The van der Waals surface area contributed by atoms with Crippen molar-refractivity contribution in [2.45, 2.75) is 31.9 Å². The van der Waals surface area contributed by atoms with Crippen LogP contribution in [-0.2, 0) is 19.4 Å². The molecule has 0 fully saturated rings. The van der Waals surface area contributed by atoms with E-state index in [4.69, 9.17) is 0 Å². The van der Waals surface area contributed by atoms with Gasteiger partial charge in [-0.05, 0) is 36.1 Å². The van der Waals surface area contributed by atoms with Crippen LogP contribution in [0.15, 0.2) is 42.5 Å². The fraction of sp³-hybridized carbons (Fsp3) is 0.278. The molecule has 0 bridgehead atoms. The summed E-state index contributed by atoms with van der Waals surface area (Å²) in [7, 11) is 0. The minimum Gasteiger partial charge on any atom is -0.852 e. The number of nitrogens with one attached hydrogen (secondary N) is 2. The zero-order valence-electron chi connectivity index (χ0n) is 12.6. The normalized spacial score (nSPS) is 16.5. The molecular formula is C18H18FN2O2-. The summed E-state index contributed by atoms with van der Waals surface area (Å²) in [6.45, 7) is 0.109. The molecule has 2 N–H and O–H groups in total. The van der Waals surface area contributed by atoms with Crippen LogP contribution in [-0.4, -0.2) is 12.1 Å². The SMILES string of the molecule is O=C(NCc1ccccc1F)Nc1cccc2c1CC([O-])CC2. The van der Waals surface area contributed by atoms with Crippen molar-refractivity contribution >= 4 is 11.7 Å². The van der Waals surface area contributed by atoms with Gasteiger partial charge < -0.3 is 15.7 Å². The number of rotatable bonds is 3. The van der Waals surface area contributed by atoms with E-state index in [9.17, 15) is 14.3 Å². The van der Waals surface area contributed by atoms with Crippen LogP contribution in [0.25, 0.3) is 0 Å². The molecule has 1 aliphatic rings. The first kappa shape index (κ1) is 15.5. The summed E-state index contributed by atoms with van der Waals surface area (Å²) < 4.78 is 13.5. The third-order valence-electron chi connectivity index (χ3n) is 4.09. The Morgan fingerprint density at radius 3 is 2.87 bits per heavy atom. The smallest absolute Gasteiger partial charge is 0.319 e. The molecule has 0 radical (unpaired) electrons. The first-order valence-electron chi connectivity index (χ1n) is 7.68. The number of anilines is 1. The van der Waals surface area contributed by atoms with Gasteiger partial charge in [0.25, 0.3) is 0 Å². The Labute approximate surface area is 134 Å². The van der Waals surface area contributed by atoms with E-state index < -0.39 is 12.1 Å². The first-order valence-corrected chi connectivity index (χ1v) is 7.68. The lowest BCUT2D eigenvalue weighted by molar-refractivity contribution is -0.421.